The normalized spacial score (nSPS) is 49.9. The summed E-state index contributed by atoms with van der Waals surface area (Å²) in [6, 6.07) is -2.92. The van der Waals surface area contributed by atoms with Crippen LogP contribution in [-0.4, -0.2) is 132 Å². The Labute approximate surface area is 232 Å². The molecule has 3 fully saturated rings. The average molecular weight is 579 g/mol. The highest BCUT2D eigenvalue weighted by atomic mass is 16.7. The van der Waals surface area contributed by atoms with Gasteiger partial charge in [-0.05, 0) is 18.9 Å². The molecule has 232 valence electrons. The van der Waals surface area contributed by atoms with E-state index in [4.69, 9.17) is 62.8 Å². The molecular formula is C24H46N6O10. The third kappa shape index (κ3) is 6.46. The molecule has 4 aliphatic rings. The van der Waals surface area contributed by atoms with Crippen LogP contribution >= 0.6 is 0 Å². The third-order valence-electron chi connectivity index (χ3n) is 8.16. The Kier molecular flexibility index (Phi) is 10.8. The SMILES string of the molecule is C[C@H]1[C@H](O[C@@H]2[C@@H](O)[C@H](N)C[C@H](N)[C@H]2O[C@H]2OC(CN)=CC[C@H]2N)O[C@H](CO)[C@H]1O[C@H]1OC(CN)[C@@H](O)[C@H](O)[C@H]1N. The Hall–Kier alpha value is -1.06. The number of nitrogens with two attached hydrogens (primary N) is 6. The molecule has 0 radical (unpaired) electrons. The molecule has 0 aromatic heterocycles. The second-order valence-corrected chi connectivity index (χ2v) is 11.0. The Bertz CT molecular complexity index is 859. The first kappa shape index (κ1) is 31.9. The molecule has 0 aromatic carbocycles. The lowest BCUT2D eigenvalue weighted by Gasteiger charge is -2.45. The van der Waals surface area contributed by atoms with Crippen LogP contribution in [0.1, 0.15) is 19.8 Å². The molecule has 4 rings (SSSR count). The van der Waals surface area contributed by atoms with Crippen molar-refractivity contribution in [3.8, 4) is 0 Å². The summed E-state index contributed by atoms with van der Waals surface area (Å²) in [5, 5.41) is 41.6. The highest BCUT2D eigenvalue weighted by molar-refractivity contribution is 5.04. The van der Waals surface area contributed by atoms with Crippen LogP contribution in [0.3, 0.4) is 0 Å². The Morgan fingerprint density at radius 3 is 2.10 bits per heavy atom. The van der Waals surface area contributed by atoms with Gasteiger partial charge in [-0.3, -0.25) is 0 Å². The number of ether oxygens (including phenoxy) is 6. The number of rotatable bonds is 9. The number of hydrogen-bond donors (Lipinski definition) is 10. The zero-order valence-corrected chi connectivity index (χ0v) is 22.6. The molecule has 2 saturated heterocycles. The maximum Gasteiger partial charge on any atom is 0.215 e. The smallest absolute Gasteiger partial charge is 0.215 e. The summed E-state index contributed by atoms with van der Waals surface area (Å²) in [7, 11) is 0. The van der Waals surface area contributed by atoms with Crippen LogP contribution in [0.2, 0.25) is 0 Å². The molecule has 0 bridgehead atoms. The lowest BCUT2D eigenvalue weighted by Crippen LogP contribution is -2.65. The zero-order valence-electron chi connectivity index (χ0n) is 22.6. The fourth-order valence-corrected chi connectivity index (χ4v) is 5.65. The van der Waals surface area contributed by atoms with E-state index in [9.17, 15) is 20.4 Å². The van der Waals surface area contributed by atoms with E-state index in [-0.39, 0.29) is 19.5 Å². The van der Waals surface area contributed by atoms with Gasteiger partial charge in [0.15, 0.2) is 12.6 Å². The largest absolute Gasteiger partial charge is 0.467 e. The molecular weight excluding hydrogens is 532 g/mol. The minimum atomic E-state index is -1.34. The van der Waals surface area contributed by atoms with Crippen molar-refractivity contribution in [3.05, 3.63) is 11.8 Å². The summed E-state index contributed by atoms with van der Waals surface area (Å²) < 4.78 is 36.0. The van der Waals surface area contributed by atoms with Crippen molar-refractivity contribution in [1.82, 2.24) is 0 Å². The molecule has 0 spiro atoms. The summed E-state index contributed by atoms with van der Waals surface area (Å²) >= 11 is 0. The van der Waals surface area contributed by atoms with Crippen LogP contribution in [0.4, 0.5) is 0 Å². The van der Waals surface area contributed by atoms with Crippen molar-refractivity contribution in [2.75, 3.05) is 19.7 Å². The predicted molar refractivity (Wildman–Crippen MR) is 138 cm³/mol. The molecule has 3 aliphatic heterocycles. The van der Waals surface area contributed by atoms with E-state index in [0.717, 1.165) is 0 Å². The lowest BCUT2D eigenvalue weighted by atomic mass is 9.84. The van der Waals surface area contributed by atoms with Crippen LogP contribution < -0.4 is 34.4 Å². The summed E-state index contributed by atoms with van der Waals surface area (Å²) in [6.07, 6.45) is -8.77. The third-order valence-corrected chi connectivity index (χ3v) is 8.16. The van der Waals surface area contributed by atoms with E-state index in [0.29, 0.717) is 12.2 Å². The fraction of sp³-hybridized carbons (Fsp3) is 0.917. The van der Waals surface area contributed by atoms with Crippen molar-refractivity contribution in [1.29, 1.82) is 0 Å². The standard InChI is InChI=1S/C24H46N6O10/c1-8-19(38-24-15(30)18(34)17(33)13(6-26)36-24)14(7-31)37-22(8)40-21-16(32)11(28)4-12(29)20(21)39-23-10(27)3-2-9(5-25)35-23/h2,8,10-24,31-34H,3-7,25-30H2,1H3/t8-,10-,11-,12+,13?,14-,15-,16+,17-,18-,19+,20-,21-,22+,23-,24-/m1/s1. The Balaban J connectivity index is 1.48. The van der Waals surface area contributed by atoms with Crippen molar-refractivity contribution >= 4 is 0 Å². The van der Waals surface area contributed by atoms with Gasteiger partial charge in [0.25, 0.3) is 0 Å². The topological polar surface area (TPSA) is 292 Å². The molecule has 0 amide bonds. The molecule has 16 nitrogen and oxygen atoms in total. The first-order valence-corrected chi connectivity index (χ1v) is 13.7. The van der Waals surface area contributed by atoms with Crippen LogP contribution in [-0.2, 0) is 28.4 Å². The van der Waals surface area contributed by atoms with Gasteiger partial charge in [-0.1, -0.05) is 6.92 Å². The second kappa shape index (κ2) is 13.5. The maximum absolute atomic E-state index is 11.0. The van der Waals surface area contributed by atoms with Crippen LogP contribution in [0.15, 0.2) is 11.8 Å². The van der Waals surface area contributed by atoms with Gasteiger partial charge in [0, 0.05) is 24.5 Å². The van der Waals surface area contributed by atoms with Gasteiger partial charge in [-0.15, -0.1) is 0 Å². The molecule has 0 aromatic rings. The first-order chi connectivity index (χ1) is 19.0. The minimum absolute atomic E-state index is 0.0743. The van der Waals surface area contributed by atoms with Crippen molar-refractivity contribution in [2.24, 2.45) is 40.3 Å². The minimum Gasteiger partial charge on any atom is -0.467 e. The monoisotopic (exact) mass is 578 g/mol. The van der Waals surface area contributed by atoms with Gasteiger partial charge in [-0.25, -0.2) is 0 Å². The van der Waals surface area contributed by atoms with E-state index in [1.807, 2.05) is 0 Å². The molecule has 16 N–H and O–H groups in total. The first-order valence-electron chi connectivity index (χ1n) is 13.7. The molecule has 3 heterocycles. The number of aliphatic hydroxyl groups is 4. The predicted octanol–water partition coefficient (Wildman–Crippen LogP) is -5.44. The van der Waals surface area contributed by atoms with Gasteiger partial charge in [0.2, 0.25) is 6.29 Å². The van der Waals surface area contributed by atoms with Crippen LogP contribution in [0, 0.1) is 5.92 Å². The Morgan fingerprint density at radius 2 is 1.45 bits per heavy atom. The van der Waals surface area contributed by atoms with Gasteiger partial charge < -0.3 is 83.2 Å². The van der Waals surface area contributed by atoms with E-state index < -0.39 is 104 Å². The molecule has 1 unspecified atom stereocenters. The van der Waals surface area contributed by atoms with E-state index in [1.165, 1.54) is 0 Å². The maximum atomic E-state index is 11.0. The number of aliphatic hydroxyl groups excluding tert-OH is 4. The van der Waals surface area contributed by atoms with Gasteiger partial charge in [0.1, 0.15) is 42.4 Å². The quantitative estimate of drug-likeness (QED) is 0.122. The van der Waals surface area contributed by atoms with Crippen molar-refractivity contribution in [2.45, 2.75) is 112 Å². The highest BCUT2D eigenvalue weighted by Gasteiger charge is 2.52. The van der Waals surface area contributed by atoms with Crippen molar-refractivity contribution in [3.63, 3.8) is 0 Å². The van der Waals surface area contributed by atoms with Crippen LogP contribution in [0.25, 0.3) is 0 Å². The van der Waals surface area contributed by atoms with Crippen molar-refractivity contribution < 1.29 is 48.8 Å². The summed E-state index contributed by atoms with van der Waals surface area (Å²) in [4.78, 5) is 0. The zero-order chi connectivity index (χ0) is 29.3. The molecule has 1 saturated carbocycles. The van der Waals surface area contributed by atoms with Crippen LogP contribution in [0.5, 0.6) is 0 Å². The molecule has 1 aliphatic carbocycles. The van der Waals surface area contributed by atoms with E-state index >= 15 is 0 Å². The number of hydrogen-bond acceptors (Lipinski definition) is 16. The summed E-state index contributed by atoms with van der Waals surface area (Å²) in [5.41, 5.74) is 36.2. The lowest BCUT2D eigenvalue weighted by molar-refractivity contribution is -0.277. The molecule has 16 atom stereocenters. The Morgan fingerprint density at radius 1 is 0.800 bits per heavy atom. The van der Waals surface area contributed by atoms with Gasteiger partial charge in [0.05, 0.1) is 37.4 Å². The van der Waals surface area contributed by atoms with E-state index in [1.54, 1.807) is 13.0 Å². The molecule has 40 heavy (non-hydrogen) atoms. The van der Waals surface area contributed by atoms with E-state index in [2.05, 4.69) is 0 Å². The van der Waals surface area contributed by atoms with Gasteiger partial charge in [-0.2, -0.15) is 0 Å². The average Bonchev–Trinajstić information content (AvgIpc) is 3.23. The summed E-state index contributed by atoms with van der Waals surface area (Å²) in [5.74, 6) is -0.00237. The fourth-order valence-electron chi connectivity index (χ4n) is 5.65. The second-order valence-electron chi connectivity index (χ2n) is 11.0. The summed E-state index contributed by atoms with van der Waals surface area (Å²) in [6.45, 7) is 1.42. The highest BCUT2D eigenvalue weighted by Crippen LogP contribution is 2.36. The molecule has 16 heteroatoms. The van der Waals surface area contributed by atoms with Gasteiger partial charge >= 0.3 is 0 Å².